The molecule has 0 spiro atoms. The number of allylic oxidation sites excluding steroid dienone is 7. The van der Waals surface area contributed by atoms with Crippen LogP contribution in [-0.4, -0.2) is 43.3 Å². The quantitative estimate of drug-likeness (QED) is 0.0209. The number of rotatable bonds is 40. The normalized spacial score (nSPS) is 13.9. The molecule has 0 aliphatic heterocycles. The van der Waals surface area contributed by atoms with Crippen molar-refractivity contribution >= 4 is 13.8 Å². The van der Waals surface area contributed by atoms with Gasteiger partial charge >= 0.3 is 13.8 Å². The molecule has 3 N–H and O–H groups in total. The lowest BCUT2D eigenvalue weighted by atomic mass is 10.0. The Morgan fingerprint density at radius 2 is 1.04 bits per heavy atom. The molecule has 0 heterocycles. The number of unbranched alkanes of at least 4 members (excludes halogenated alkanes) is 21. The van der Waals surface area contributed by atoms with Gasteiger partial charge in [-0.05, 0) is 57.4 Å². The van der Waals surface area contributed by atoms with Crippen molar-refractivity contribution in [1.82, 2.24) is 0 Å². The van der Waals surface area contributed by atoms with Crippen LogP contribution in [0.3, 0.4) is 0 Å². The van der Waals surface area contributed by atoms with Crippen molar-refractivity contribution in [2.75, 3.05) is 26.4 Å². The number of hydrogen-bond donors (Lipinski definition) is 2. The van der Waals surface area contributed by atoms with Crippen LogP contribution in [0.4, 0.5) is 0 Å². The average molecular weight is 754 g/mol. The predicted molar refractivity (Wildman–Crippen MR) is 219 cm³/mol. The zero-order valence-corrected chi connectivity index (χ0v) is 34.4. The van der Waals surface area contributed by atoms with Crippen molar-refractivity contribution in [3.63, 3.8) is 0 Å². The van der Waals surface area contributed by atoms with Crippen molar-refractivity contribution in [3.8, 4) is 0 Å². The number of ether oxygens (including phenoxy) is 2. The largest absolute Gasteiger partial charge is 0.498 e. The Kier molecular flexibility index (Phi) is 39.2. The fraction of sp³-hybridized carbons (Fsp3) is 0.791. The van der Waals surface area contributed by atoms with Crippen LogP contribution in [-0.2, 0) is 27.9 Å². The first-order valence-electron chi connectivity index (χ1n) is 21.2. The van der Waals surface area contributed by atoms with E-state index in [4.69, 9.17) is 24.3 Å². The minimum Gasteiger partial charge on any atom is -0.498 e. The molecule has 8 nitrogen and oxygen atoms in total. The smallest absolute Gasteiger partial charge is 0.472 e. The number of phosphoric ester groups is 1. The maximum Gasteiger partial charge on any atom is 0.472 e. The van der Waals surface area contributed by atoms with E-state index in [1.54, 1.807) is 6.26 Å². The van der Waals surface area contributed by atoms with E-state index in [-0.39, 0.29) is 32.8 Å². The van der Waals surface area contributed by atoms with Crippen molar-refractivity contribution in [3.05, 3.63) is 48.8 Å². The van der Waals surface area contributed by atoms with Crippen LogP contribution >= 0.6 is 7.82 Å². The van der Waals surface area contributed by atoms with E-state index in [1.807, 2.05) is 6.08 Å². The minimum atomic E-state index is -4.30. The van der Waals surface area contributed by atoms with Gasteiger partial charge in [0.2, 0.25) is 0 Å². The third-order valence-corrected chi connectivity index (χ3v) is 9.80. The maximum atomic E-state index is 12.5. The molecule has 0 aromatic rings. The highest BCUT2D eigenvalue weighted by molar-refractivity contribution is 7.47. The first-order valence-corrected chi connectivity index (χ1v) is 22.7. The second kappa shape index (κ2) is 40.5. The van der Waals surface area contributed by atoms with E-state index in [0.29, 0.717) is 6.42 Å². The molecule has 0 saturated heterocycles. The van der Waals surface area contributed by atoms with Gasteiger partial charge in [0.1, 0.15) is 6.61 Å². The molecular weight excluding hydrogens is 673 g/mol. The molecule has 0 bridgehead atoms. The maximum absolute atomic E-state index is 12.5. The number of nitrogens with two attached hydrogens (primary N) is 1. The summed E-state index contributed by atoms with van der Waals surface area (Å²) < 4.78 is 33.1. The number of carbonyl (C=O) groups is 1. The molecule has 9 heteroatoms. The van der Waals surface area contributed by atoms with Gasteiger partial charge in [-0.25, -0.2) is 4.57 Å². The van der Waals surface area contributed by atoms with Crippen LogP contribution < -0.4 is 5.73 Å². The summed E-state index contributed by atoms with van der Waals surface area (Å²) in [4.78, 5) is 22.4. The van der Waals surface area contributed by atoms with Gasteiger partial charge < -0.3 is 20.1 Å². The van der Waals surface area contributed by atoms with E-state index in [1.165, 1.54) is 128 Å². The standard InChI is InChI=1S/C43H80NO7P/c1-3-5-7-9-11-13-15-17-19-21-22-24-26-28-30-32-34-36-43(45)51-42(41-50-52(46,47)49-39-37-44)40-48-38-35-33-31-29-27-25-23-20-18-16-14-12-10-8-6-4-2/h17,19,22,24,28,30,35,38,42H,3-16,18,20-21,23,25-27,29,31-34,36-37,39-41,44H2,1-2H3,(H,46,47)/b19-17+,24-22+,30-28+,38-35+/t42-/m1/s1. The van der Waals surface area contributed by atoms with E-state index in [2.05, 4.69) is 50.3 Å². The lowest BCUT2D eigenvalue weighted by Gasteiger charge is -2.19. The summed E-state index contributed by atoms with van der Waals surface area (Å²) in [6.45, 7) is 4.18. The van der Waals surface area contributed by atoms with Crippen molar-refractivity contribution in [2.45, 2.75) is 193 Å². The van der Waals surface area contributed by atoms with Crippen molar-refractivity contribution in [1.29, 1.82) is 0 Å². The summed E-state index contributed by atoms with van der Waals surface area (Å²) in [5.41, 5.74) is 5.35. The van der Waals surface area contributed by atoms with Crippen LogP contribution in [0, 0.1) is 0 Å². The van der Waals surface area contributed by atoms with Crippen LogP contribution in [0.2, 0.25) is 0 Å². The Hall–Kier alpha value is -1.70. The monoisotopic (exact) mass is 754 g/mol. The molecule has 1 unspecified atom stereocenters. The van der Waals surface area contributed by atoms with Gasteiger partial charge in [-0.15, -0.1) is 0 Å². The summed E-state index contributed by atoms with van der Waals surface area (Å²) in [5, 5.41) is 0. The SMILES string of the molecule is CCCCCCCC/C=C/C/C=C/C/C=C/CCCC(=O)O[C@H](CO/C=C/CCCCCCCCCCCCCCCC)COP(=O)(O)OCCN. The van der Waals surface area contributed by atoms with E-state index >= 15 is 0 Å². The van der Waals surface area contributed by atoms with Gasteiger partial charge in [-0.2, -0.15) is 0 Å². The Labute approximate surface area is 320 Å². The number of carbonyl (C=O) groups excluding carboxylic acids is 1. The summed E-state index contributed by atoms with van der Waals surface area (Å²) in [6, 6.07) is 0. The molecule has 0 aromatic heterocycles. The lowest BCUT2D eigenvalue weighted by molar-refractivity contribution is -0.153. The van der Waals surface area contributed by atoms with Crippen LogP contribution in [0.5, 0.6) is 0 Å². The minimum absolute atomic E-state index is 0.0122. The molecule has 52 heavy (non-hydrogen) atoms. The molecule has 0 radical (unpaired) electrons. The zero-order valence-electron chi connectivity index (χ0n) is 33.5. The highest BCUT2D eigenvalue weighted by Gasteiger charge is 2.25. The fourth-order valence-electron chi connectivity index (χ4n) is 5.68. The Bertz CT molecular complexity index is 936. The molecule has 0 saturated carbocycles. The van der Waals surface area contributed by atoms with E-state index in [9.17, 15) is 14.3 Å². The summed E-state index contributed by atoms with van der Waals surface area (Å²) in [7, 11) is -4.30. The molecule has 0 amide bonds. The Balaban J connectivity index is 4.18. The highest BCUT2D eigenvalue weighted by atomic mass is 31.2. The van der Waals surface area contributed by atoms with Crippen LogP contribution in [0.15, 0.2) is 48.8 Å². The van der Waals surface area contributed by atoms with Gasteiger partial charge in [0, 0.05) is 13.0 Å². The summed E-state index contributed by atoms with van der Waals surface area (Å²) >= 11 is 0. The first kappa shape index (κ1) is 50.3. The molecule has 2 atom stereocenters. The van der Waals surface area contributed by atoms with Crippen molar-refractivity contribution < 1.29 is 32.8 Å². The molecule has 304 valence electrons. The third kappa shape index (κ3) is 39.5. The predicted octanol–water partition coefficient (Wildman–Crippen LogP) is 12.8. The average Bonchev–Trinajstić information content (AvgIpc) is 3.13. The number of hydrogen-bond acceptors (Lipinski definition) is 7. The number of phosphoric acid groups is 1. The molecule has 0 aliphatic rings. The third-order valence-electron chi connectivity index (χ3n) is 8.81. The lowest BCUT2D eigenvalue weighted by Crippen LogP contribution is -2.27. The summed E-state index contributed by atoms with van der Waals surface area (Å²) in [5.74, 6) is -0.403. The Morgan fingerprint density at radius 1 is 0.596 bits per heavy atom. The molecule has 0 aromatic carbocycles. The van der Waals surface area contributed by atoms with E-state index < -0.39 is 19.9 Å². The molecular formula is C43H80NO7P. The van der Waals surface area contributed by atoms with Crippen LogP contribution in [0.25, 0.3) is 0 Å². The fourth-order valence-corrected chi connectivity index (χ4v) is 6.45. The van der Waals surface area contributed by atoms with Crippen LogP contribution in [0.1, 0.15) is 187 Å². The zero-order chi connectivity index (χ0) is 38.1. The van der Waals surface area contributed by atoms with Gasteiger partial charge in [-0.1, -0.05) is 166 Å². The highest BCUT2D eigenvalue weighted by Crippen LogP contribution is 2.43. The van der Waals surface area contributed by atoms with Crippen molar-refractivity contribution in [2.24, 2.45) is 5.73 Å². The second-order valence-electron chi connectivity index (χ2n) is 13.9. The topological polar surface area (TPSA) is 117 Å². The Morgan fingerprint density at radius 3 is 1.54 bits per heavy atom. The number of esters is 1. The molecule has 0 fully saturated rings. The van der Waals surface area contributed by atoms with Gasteiger partial charge in [0.05, 0.1) is 19.5 Å². The van der Waals surface area contributed by atoms with Gasteiger partial charge in [-0.3, -0.25) is 13.8 Å². The first-order chi connectivity index (χ1) is 25.4. The van der Waals surface area contributed by atoms with Gasteiger partial charge in [0.25, 0.3) is 0 Å². The molecule has 0 rings (SSSR count). The van der Waals surface area contributed by atoms with E-state index in [0.717, 1.165) is 32.1 Å². The second-order valence-corrected chi connectivity index (χ2v) is 15.4. The molecule has 0 aliphatic carbocycles. The summed E-state index contributed by atoms with van der Waals surface area (Å²) in [6.07, 6.45) is 48.0. The van der Waals surface area contributed by atoms with Gasteiger partial charge in [0.15, 0.2) is 6.10 Å².